The average molecular weight is 466 g/mol. The van der Waals surface area contributed by atoms with Crippen LogP contribution in [0.5, 0.6) is 0 Å². The first-order valence-corrected chi connectivity index (χ1v) is 11.6. The van der Waals surface area contributed by atoms with Crippen molar-refractivity contribution in [3.05, 3.63) is 120 Å². The number of ether oxygens (including phenoxy) is 1. The van der Waals surface area contributed by atoms with Crippen molar-refractivity contribution in [1.29, 1.82) is 0 Å². The minimum absolute atomic E-state index is 0.324. The molecule has 0 spiro atoms. The summed E-state index contributed by atoms with van der Waals surface area (Å²) in [6.07, 6.45) is 2.79. The molecule has 0 fully saturated rings. The number of nitrogens with zero attached hydrogens (tertiary/aromatic N) is 4. The van der Waals surface area contributed by atoms with Gasteiger partial charge < -0.3 is 20.1 Å². The van der Waals surface area contributed by atoms with Crippen LogP contribution in [-0.4, -0.2) is 37.3 Å². The van der Waals surface area contributed by atoms with E-state index in [4.69, 9.17) is 10.5 Å². The molecule has 5 aromatic rings. The highest BCUT2D eigenvalue weighted by atomic mass is 16.5. The molecular weight excluding hydrogens is 438 g/mol. The summed E-state index contributed by atoms with van der Waals surface area (Å²) in [5.41, 5.74) is 9.29. The van der Waals surface area contributed by atoms with Gasteiger partial charge >= 0.3 is 0 Å². The van der Waals surface area contributed by atoms with Crippen LogP contribution in [-0.2, 0) is 16.9 Å². The molecule has 1 atom stereocenters. The number of rotatable bonds is 9. The van der Waals surface area contributed by atoms with Gasteiger partial charge in [0.2, 0.25) is 0 Å². The number of nitrogen functional groups attached to an aromatic ring is 1. The number of aliphatic hydroxyl groups excluding tert-OH is 1. The molecule has 176 valence electrons. The van der Waals surface area contributed by atoms with E-state index in [1.165, 1.54) is 6.33 Å². The molecule has 7 nitrogen and oxygen atoms in total. The van der Waals surface area contributed by atoms with Crippen molar-refractivity contribution in [2.24, 2.45) is 0 Å². The highest BCUT2D eigenvalue weighted by molar-refractivity contribution is 5.81. The summed E-state index contributed by atoms with van der Waals surface area (Å²) in [5.74, 6) is 0.324. The van der Waals surface area contributed by atoms with Crippen molar-refractivity contribution in [3.63, 3.8) is 0 Å². The molecule has 0 aliphatic carbocycles. The van der Waals surface area contributed by atoms with Crippen LogP contribution in [0, 0.1) is 0 Å². The smallest absolute Gasteiger partial charge is 0.165 e. The number of nitrogens with two attached hydrogens (primary N) is 1. The van der Waals surface area contributed by atoms with Crippen LogP contribution in [0.15, 0.2) is 104 Å². The molecule has 0 saturated heterocycles. The first-order valence-electron chi connectivity index (χ1n) is 11.6. The Morgan fingerprint density at radius 1 is 0.800 bits per heavy atom. The minimum Gasteiger partial charge on any atom is -0.391 e. The fourth-order valence-electron chi connectivity index (χ4n) is 4.47. The molecule has 0 amide bonds. The average Bonchev–Trinajstić information content (AvgIpc) is 3.32. The van der Waals surface area contributed by atoms with Crippen molar-refractivity contribution in [2.45, 2.75) is 24.7 Å². The van der Waals surface area contributed by atoms with Crippen LogP contribution in [0.4, 0.5) is 5.82 Å². The van der Waals surface area contributed by atoms with Crippen molar-refractivity contribution < 1.29 is 9.84 Å². The van der Waals surface area contributed by atoms with E-state index in [0.29, 0.717) is 36.6 Å². The lowest BCUT2D eigenvalue weighted by Gasteiger charge is -2.36. The quantitative estimate of drug-likeness (QED) is 0.317. The molecule has 2 heterocycles. The number of benzene rings is 3. The SMILES string of the molecule is Nc1ncnc2c1ncn2CC(O)CCOC(c1ccccc1)(c1ccccc1)c1ccccc1. The molecule has 0 saturated carbocycles. The van der Waals surface area contributed by atoms with E-state index in [0.717, 1.165) is 16.7 Å². The molecule has 0 bridgehead atoms. The standard InChI is InChI=1S/C28H27N5O2/c29-26-25-27(31-19-30-26)33(20-32-25)18-24(34)16-17-35-28(21-10-4-1-5-11-21,22-12-6-2-7-13-22)23-14-8-3-9-15-23/h1-15,19-20,24,34H,16-18H2,(H2,29,30,31). The van der Waals surface area contributed by atoms with Gasteiger partial charge in [-0.05, 0) is 23.1 Å². The Labute approximate surface area is 203 Å². The van der Waals surface area contributed by atoms with Gasteiger partial charge in [0.15, 0.2) is 11.5 Å². The lowest BCUT2D eigenvalue weighted by atomic mass is 9.80. The molecular formula is C28H27N5O2. The van der Waals surface area contributed by atoms with Crippen LogP contribution in [0.2, 0.25) is 0 Å². The Balaban J connectivity index is 1.42. The molecule has 2 aromatic heterocycles. The van der Waals surface area contributed by atoms with E-state index in [9.17, 15) is 5.11 Å². The van der Waals surface area contributed by atoms with Crippen molar-refractivity contribution in [2.75, 3.05) is 12.3 Å². The molecule has 0 aliphatic heterocycles. The number of aromatic nitrogens is 4. The number of hydrogen-bond donors (Lipinski definition) is 2. The molecule has 3 aromatic carbocycles. The second-order valence-corrected chi connectivity index (χ2v) is 8.40. The van der Waals surface area contributed by atoms with Gasteiger partial charge in [-0.2, -0.15) is 0 Å². The zero-order chi connectivity index (χ0) is 24.1. The molecule has 7 heteroatoms. The fraction of sp³-hybridized carbons (Fsp3) is 0.179. The molecule has 5 rings (SSSR count). The Bertz CT molecular complexity index is 1280. The van der Waals surface area contributed by atoms with Gasteiger partial charge in [0, 0.05) is 0 Å². The van der Waals surface area contributed by atoms with Crippen molar-refractivity contribution in [3.8, 4) is 0 Å². The predicted octanol–water partition coefficient (Wildman–Crippen LogP) is 4.17. The highest BCUT2D eigenvalue weighted by Crippen LogP contribution is 2.40. The van der Waals surface area contributed by atoms with Crippen LogP contribution in [0.25, 0.3) is 11.2 Å². The maximum absolute atomic E-state index is 10.9. The normalized spacial score (nSPS) is 12.6. The van der Waals surface area contributed by atoms with E-state index in [-0.39, 0.29) is 0 Å². The molecule has 35 heavy (non-hydrogen) atoms. The van der Waals surface area contributed by atoms with E-state index in [1.807, 2.05) is 54.6 Å². The first-order chi connectivity index (χ1) is 17.2. The van der Waals surface area contributed by atoms with Crippen LogP contribution < -0.4 is 5.73 Å². The number of fused-ring (bicyclic) bond motifs is 1. The molecule has 3 N–H and O–H groups in total. The van der Waals surface area contributed by atoms with Gasteiger partial charge in [0.25, 0.3) is 0 Å². The minimum atomic E-state index is -0.813. The second-order valence-electron chi connectivity index (χ2n) is 8.40. The summed E-state index contributed by atoms with van der Waals surface area (Å²) < 4.78 is 8.54. The zero-order valence-corrected chi connectivity index (χ0v) is 19.2. The lowest BCUT2D eigenvalue weighted by Crippen LogP contribution is -2.34. The molecule has 1 unspecified atom stereocenters. The largest absolute Gasteiger partial charge is 0.391 e. The zero-order valence-electron chi connectivity index (χ0n) is 19.2. The maximum Gasteiger partial charge on any atom is 0.165 e. The third-order valence-corrected chi connectivity index (χ3v) is 6.15. The second kappa shape index (κ2) is 10.0. The number of aliphatic hydroxyl groups is 1. The van der Waals surface area contributed by atoms with E-state index >= 15 is 0 Å². The summed E-state index contributed by atoms with van der Waals surface area (Å²) in [6, 6.07) is 30.6. The van der Waals surface area contributed by atoms with Crippen LogP contribution in [0.3, 0.4) is 0 Å². The Morgan fingerprint density at radius 3 is 1.89 bits per heavy atom. The van der Waals surface area contributed by atoms with E-state index in [1.54, 1.807) is 10.9 Å². The topological polar surface area (TPSA) is 99.1 Å². The Morgan fingerprint density at radius 2 is 1.34 bits per heavy atom. The van der Waals surface area contributed by atoms with Crippen LogP contribution >= 0.6 is 0 Å². The predicted molar refractivity (Wildman–Crippen MR) is 136 cm³/mol. The van der Waals surface area contributed by atoms with Crippen molar-refractivity contribution >= 4 is 17.0 Å². The van der Waals surface area contributed by atoms with Gasteiger partial charge in [0.05, 0.1) is 25.6 Å². The van der Waals surface area contributed by atoms with Gasteiger partial charge in [0.1, 0.15) is 17.4 Å². The summed E-state index contributed by atoms with van der Waals surface area (Å²) in [5, 5.41) is 10.9. The lowest BCUT2D eigenvalue weighted by molar-refractivity contribution is -0.00732. The van der Waals surface area contributed by atoms with Gasteiger partial charge in [-0.1, -0.05) is 91.0 Å². The van der Waals surface area contributed by atoms with Crippen molar-refractivity contribution in [1.82, 2.24) is 19.5 Å². The summed E-state index contributed by atoms with van der Waals surface area (Å²) in [4.78, 5) is 12.5. The van der Waals surface area contributed by atoms with Gasteiger partial charge in [-0.3, -0.25) is 0 Å². The van der Waals surface area contributed by atoms with Gasteiger partial charge in [-0.25, -0.2) is 15.0 Å². The number of anilines is 1. The summed E-state index contributed by atoms with van der Waals surface area (Å²) in [7, 11) is 0. The fourth-order valence-corrected chi connectivity index (χ4v) is 4.47. The highest BCUT2D eigenvalue weighted by Gasteiger charge is 2.37. The Kier molecular flexibility index (Phi) is 6.52. The van der Waals surface area contributed by atoms with E-state index in [2.05, 4.69) is 51.4 Å². The molecule has 0 radical (unpaired) electrons. The van der Waals surface area contributed by atoms with Gasteiger partial charge in [-0.15, -0.1) is 0 Å². The summed E-state index contributed by atoms with van der Waals surface area (Å²) >= 11 is 0. The molecule has 0 aliphatic rings. The first kappa shape index (κ1) is 22.7. The third-order valence-electron chi connectivity index (χ3n) is 6.15. The number of imidazole rings is 1. The Hall–Kier alpha value is -4.07. The summed E-state index contributed by atoms with van der Waals surface area (Å²) in [6.45, 7) is 0.662. The number of hydrogen-bond acceptors (Lipinski definition) is 6. The monoisotopic (exact) mass is 465 g/mol. The van der Waals surface area contributed by atoms with E-state index < -0.39 is 11.7 Å². The maximum atomic E-state index is 10.9. The van der Waals surface area contributed by atoms with Crippen LogP contribution in [0.1, 0.15) is 23.1 Å². The third kappa shape index (κ3) is 4.51.